The quantitative estimate of drug-likeness (QED) is 0.399. The van der Waals surface area contributed by atoms with E-state index >= 15 is 0 Å². The van der Waals surface area contributed by atoms with E-state index in [1.54, 1.807) is 49.4 Å². The monoisotopic (exact) mass is 448 g/mol. The second-order valence-corrected chi connectivity index (χ2v) is 6.98. The predicted molar refractivity (Wildman–Crippen MR) is 118 cm³/mol. The number of hydrogen-bond acceptors (Lipinski definition) is 5. The third-order valence-corrected chi connectivity index (χ3v) is 4.23. The first-order valence-corrected chi connectivity index (χ1v) is 9.76. The summed E-state index contributed by atoms with van der Waals surface area (Å²) in [6.45, 7) is 3.30. The molecule has 10 heteroatoms. The molecule has 0 fully saturated rings. The molecule has 0 atom stereocenters. The fourth-order valence-electron chi connectivity index (χ4n) is 2.25. The summed E-state index contributed by atoms with van der Waals surface area (Å²) in [5, 5.41) is 5.57. The Morgan fingerprint density at radius 2 is 1.73 bits per heavy atom. The minimum atomic E-state index is -0.493. The van der Waals surface area contributed by atoms with Crippen LogP contribution in [0.4, 0.5) is 5.69 Å². The van der Waals surface area contributed by atoms with Crippen LogP contribution in [0, 0.1) is 6.92 Å². The summed E-state index contributed by atoms with van der Waals surface area (Å²) in [7, 11) is 0. The second-order valence-electron chi connectivity index (χ2n) is 6.13. The number of thiocarbonyl (C=S) groups is 1. The molecule has 0 spiro atoms. The van der Waals surface area contributed by atoms with E-state index < -0.39 is 11.8 Å². The van der Waals surface area contributed by atoms with Crippen molar-refractivity contribution in [3.05, 3.63) is 58.6 Å². The molecule has 0 saturated heterocycles. The smallest absolute Gasteiger partial charge is 0.269 e. The number of hydrazine groups is 1. The Bertz CT molecular complexity index is 950. The highest BCUT2D eigenvalue weighted by Gasteiger charge is 2.10. The maximum atomic E-state index is 12.1. The van der Waals surface area contributed by atoms with Crippen molar-refractivity contribution in [1.29, 1.82) is 0 Å². The molecule has 0 aliphatic carbocycles. The van der Waals surface area contributed by atoms with Crippen molar-refractivity contribution in [3.8, 4) is 5.75 Å². The zero-order valence-electron chi connectivity index (χ0n) is 16.4. The number of carbonyl (C=O) groups is 3. The van der Waals surface area contributed by atoms with E-state index in [9.17, 15) is 14.4 Å². The topological polar surface area (TPSA) is 109 Å². The number of hydrogen-bond donors (Lipinski definition) is 4. The number of aryl methyl sites for hydroxylation is 1. The molecule has 4 N–H and O–H groups in total. The van der Waals surface area contributed by atoms with Crippen molar-refractivity contribution in [2.24, 2.45) is 0 Å². The van der Waals surface area contributed by atoms with Gasteiger partial charge in [-0.2, -0.15) is 0 Å². The molecule has 8 nitrogen and oxygen atoms in total. The van der Waals surface area contributed by atoms with Gasteiger partial charge in [-0.15, -0.1) is 0 Å². The van der Waals surface area contributed by atoms with Gasteiger partial charge in [-0.1, -0.05) is 18.5 Å². The highest BCUT2D eigenvalue weighted by molar-refractivity contribution is 7.80. The van der Waals surface area contributed by atoms with Crippen LogP contribution in [0.5, 0.6) is 5.75 Å². The molecule has 0 bridgehead atoms. The first kappa shape index (κ1) is 23.1. The van der Waals surface area contributed by atoms with Gasteiger partial charge in [-0.05, 0) is 67.2 Å². The van der Waals surface area contributed by atoms with E-state index in [4.69, 9.17) is 28.6 Å². The fraction of sp³-hybridized carbons (Fsp3) is 0.200. The Morgan fingerprint density at radius 1 is 1.03 bits per heavy atom. The zero-order valence-corrected chi connectivity index (χ0v) is 17.9. The molecule has 0 radical (unpaired) electrons. The highest BCUT2D eigenvalue weighted by atomic mass is 35.5. The molecule has 158 valence electrons. The van der Waals surface area contributed by atoms with Gasteiger partial charge in [0.25, 0.3) is 11.8 Å². The van der Waals surface area contributed by atoms with Gasteiger partial charge >= 0.3 is 0 Å². The lowest BCUT2D eigenvalue weighted by atomic mass is 10.2. The first-order chi connectivity index (χ1) is 14.3. The van der Waals surface area contributed by atoms with Crippen LogP contribution in [0.25, 0.3) is 0 Å². The molecule has 0 aromatic heterocycles. The number of amides is 3. The maximum Gasteiger partial charge on any atom is 0.269 e. The van der Waals surface area contributed by atoms with Crippen LogP contribution in [0.15, 0.2) is 42.5 Å². The van der Waals surface area contributed by atoms with Crippen molar-refractivity contribution in [3.63, 3.8) is 0 Å². The Kier molecular flexibility index (Phi) is 8.57. The molecule has 0 aliphatic heterocycles. The largest absolute Gasteiger partial charge is 0.483 e. The normalized spacial score (nSPS) is 9.97. The predicted octanol–water partition coefficient (Wildman–Crippen LogP) is 2.71. The van der Waals surface area contributed by atoms with E-state index in [0.29, 0.717) is 28.4 Å². The molecular formula is C20H21ClN4O4S. The van der Waals surface area contributed by atoms with Gasteiger partial charge in [0, 0.05) is 22.7 Å². The minimum absolute atomic E-state index is 0.0865. The lowest BCUT2D eigenvalue weighted by molar-refractivity contribution is -0.121. The molecule has 0 heterocycles. The number of nitrogens with one attached hydrogen (secondary N) is 4. The average molecular weight is 449 g/mol. The van der Waals surface area contributed by atoms with Crippen LogP contribution in [-0.4, -0.2) is 29.4 Å². The molecule has 2 aromatic carbocycles. The van der Waals surface area contributed by atoms with Gasteiger partial charge in [0.05, 0.1) is 0 Å². The van der Waals surface area contributed by atoms with E-state index in [2.05, 4.69) is 21.5 Å². The summed E-state index contributed by atoms with van der Waals surface area (Å²) in [4.78, 5) is 35.4. The maximum absolute atomic E-state index is 12.1. The Balaban J connectivity index is 1.75. The average Bonchev–Trinajstić information content (AvgIpc) is 2.71. The summed E-state index contributed by atoms with van der Waals surface area (Å²) < 4.78 is 5.42. The van der Waals surface area contributed by atoms with E-state index in [-0.39, 0.29) is 17.6 Å². The Morgan fingerprint density at radius 3 is 2.37 bits per heavy atom. The van der Waals surface area contributed by atoms with Crippen molar-refractivity contribution < 1.29 is 19.1 Å². The number of rotatable bonds is 6. The summed E-state index contributed by atoms with van der Waals surface area (Å²) in [5.41, 5.74) is 6.54. The van der Waals surface area contributed by atoms with Gasteiger partial charge < -0.3 is 10.1 Å². The standard InChI is InChI=1S/C20H21ClN4O4S/c1-3-17(26)22-15-7-4-13(5-8-15)19(28)24-25-20(30)23-18(27)11-29-16-9-6-14(21)10-12(16)2/h4-10H,3,11H2,1-2H3,(H,22,26)(H,24,28)(H2,23,25,27,30). The summed E-state index contributed by atoms with van der Waals surface area (Å²) in [6, 6.07) is 11.4. The van der Waals surface area contributed by atoms with Crippen LogP contribution >= 0.6 is 23.8 Å². The molecule has 0 unspecified atom stereocenters. The van der Waals surface area contributed by atoms with Crippen LogP contribution in [0.1, 0.15) is 29.3 Å². The van der Waals surface area contributed by atoms with E-state index in [0.717, 1.165) is 5.56 Å². The molecule has 0 saturated carbocycles. The van der Waals surface area contributed by atoms with Crippen molar-refractivity contribution >= 4 is 52.3 Å². The third-order valence-electron chi connectivity index (χ3n) is 3.79. The van der Waals surface area contributed by atoms with E-state index in [1.165, 1.54) is 0 Å². The van der Waals surface area contributed by atoms with Crippen LogP contribution in [0.2, 0.25) is 5.02 Å². The number of anilines is 1. The second kappa shape index (κ2) is 11.1. The molecular weight excluding hydrogens is 428 g/mol. The fourth-order valence-corrected chi connectivity index (χ4v) is 2.64. The molecule has 2 aromatic rings. The van der Waals surface area contributed by atoms with Gasteiger partial charge in [0.15, 0.2) is 11.7 Å². The Labute approximate surface area is 184 Å². The molecule has 2 rings (SSSR count). The van der Waals surface area contributed by atoms with Crippen LogP contribution < -0.4 is 26.2 Å². The minimum Gasteiger partial charge on any atom is -0.483 e. The zero-order chi connectivity index (χ0) is 22.1. The van der Waals surface area contributed by atoms with Crippen molar-refractivity contribution in [2.75, 3.05) is 11.9 Å². The SMILES string of the molecule is CCC(=O)Nc1ccc(C(=O)NNC(=S)NC(=O)COc2ccc(Cl)cc2C)cc1. The number of halogens is 1. The lowest BCUT2D eigenvalue weighted by Crippen LogP contribution is -2.49. The number of carbonyl (C=O) groups excluding carboxylic acids is 3. The van der Waals surface area contributed by atoms with Crippen molar-refractivity contribution in [2.45, 2.75) is 20.3 Å². The lowest BCUT2D eigenvalue weighted by Gasteiger charge is -2.12. The van der Waals surface area contributed by atoms with Gasteiger partial charge in [-0.25, -0.2) is 0 Å². The molecule has 0 aliphatic rings. The van der Waals surface area contributed by atoms with Gasteiger partial charge in [-0.3, -0.25) is 30.6 Å². The first-order valence-electron chi connectivity index (χ1n) is 8.97. The Hall–Kier alpha value is -3.17. The number of benzene rings is 2. The summed E-state index contributed by atoms with van der Waals surface area (Å²) in [5.74, 6) is -0.550. The van der Waals surface area contributed by atoms with E-state index in [1.807, 2.05) is 6.92 Å². The molecule has 30 heavy (non-hydrogen) atoms. The van der Waals surface area contributed by atoms with Crippen molar-refractivity contribution in [1.82, 2.24) is 16.2 Å². The highest BCUT2D eigenvalue weighted by Crippen LogP contribution is 2.21. The van der Waals surface area contributed by atoms with Crippen LogP contribution in [-0.2, 0) is 9.59 Å². The van der Waals surface area contributed by atoms with Gasteiger partial charge in [0.2, 0.25) is 5.91 Å². The third kappa shape index (κ3) is 7.34. The summed E-state index contributed by atoms with van der Waals surface area (Å²) >= 11 is 10.9. The van der Waals surface area contributed by atoms with Gasteiger partial charge in [0.1, 0.15) is 5.75 Å². The number of ether oxygens (including phenoxy) is 1. The summed E-state index contributed by atoms with van der Waals surface area (Å²) in [6.07, 6.45) is 0.361. The van der Waals surface area contributed by atoms with Crippen LogP contribution in [0.3, 0.4) is 0 Å². The molecule has 3 amide bonds.